The van der Waals surface area contributed by atoms with Crippen LogP contribution in [0.3, 0.4) is 0 Å². The third-order valence-electron chi connectivity index (χ3n) is 6.27. The largest absolute Gasteiger partial charge is 0.495 e. The molecule has 0 spiro atoms. The van der Waals surface area contributed by atoms with Crippen LogP contribution in [0.25, 0.3) is 0 Å². The predicted molar refractivity (Wildman–Crippen MR) is 126 cm³/mol. The van der Waals surface area contributed by atoms with Crippen molar-refractivity contribution in [3.8, 4) is 11.5 Å². The highest BCUT2D eigenvalue weighted by Gasteiger charge is 2.35. The average Bonchev–Trinajstić information content (AvgIpc) is 3.34. The first kappa shape index (κ1) is 22.4. The summed E-state index contributed by atoms with van der Waals surface area (Å²) in [6, 6.07) is 16.0. The van der Waals surface area contributed by atoms with Crippen molar-refractivity contribution in [3.05, 3.63) is 54.1 Å². The number of hydrogen-bond donors (Lipinski definition) is 2. The van der Waals surface area contributed by atoms with E-state index in [9.17, 15) is 4.79 Å². The Morgan fingerprint density at radius 3 is 2.47 bits per heavy atom. The molecule has 2 N–H and O–H groups in total. The van der Waals surface area contributed by atoms with E-state index in [0.717, 1.165) is 48.7 Å². The Morgan fingerprint density at radius 1 is 1.00 bits per heavy atom. The van der Waals surface area contributed by atoms with Gasteiger partial charge in [-0.15, -0.1) is 0 Å². The van der Waals surface area contributed by atoms with Crippen LogP contribution in [0.4, 0.5) is 5.69 Å². The summed E-state index contributed by atoms with van der Waals surface area (Å²) in [6.07, 6.45) is 2.85. The van der Waals surface area contributed by atoms with E-state index in [2.05, 4.69) is 34.8 Å². The fraction of sp³-hybridized carbons (Fsp3) is 0.480. The molecular weight excluding hydrogens is 404 g/mol. The Hall–Kier alpha value is -2.77. The maximum Gasteiger partial charge on any atom is 0.241 e. The first-order valence-electron chi connectivity index (χ1n) is 11.6. The molecule has 2 atom stereocenters. The summed E-state index contributed by atoms with van der Waals surface area (Å²) in [5.74, 6) is 1.93. The molecule has 32 heavy (non-hydrogen) atoms. The number of carbonyl (C=O) groups is 1. The number of amides is 1. The normalized spacial score (nSPS) is 20.9. The number of rotatable bonds is 8. The second-order valence-electron chi connectivity index (χ2n) is 8.35. The summed E-state index contributed by atoms with van der Waals surface area (Å²) in [5, 5.41) is 0. The van der Waals surface area contributed by atoms with E-state index in [1.807, 2.05) is 41.3 Å². The van der Waals surface area contributed by atoms with E-state index >= 15 is 0 Å². The van der Waals surface area contributed by atoms with Crippen LogP contribution >= 0.6 is 0 Å². The molecule has 0 bridgehead atoms. The third-order valence-corrected chi connectivity index (χ3v) is 6.27. The van der Waals surface area contributed by atoms with Crippen molar-refractivity contribution in [2.75, 3.05) is 44.8 Å². The van der Waals surface area contributed by atoms with Crippen molar-refractivity contribution in [1.82, 2.24) is 15.8 Å². The quantitative estimate of drug-likeness (QED) is 0.618. The zero-order valence-corrected chi connectivity index (χ0v) is 19.0. The minimum Gasteiger partial charge on any atom is -0.495 e. The van der Waals surface area contributed by atoms with Crippen LogP contribution in [-0.4, -0.2) is 56.7 Å². The molecule has 1 amide bonds. The SMILES string of the molecule is CCCCOc1ccccc1C1CC(C(=O)N2CCN(c3ccccc3OC)CC2)NN1. The number of methoxy groups -OCH3 is 1. The van der Waals surface area contributed by atoms with Gasteiger partial charge in [-0.3, -0.25) is 4.79 Å². The number of nitrogens with zero attached hydrogens (tertiary/aromatic N) is 2. The van der Waals surface area contributed by atoms with Crippen LogP contribution in [0.2, 0.25) is 0 Å². The molecule has 0 radical (unpaired) electrons. The molecule has 0 aliphatic carbocycles. The summed E-state index contributed by atoms with van der Waals surface area (Å²) < 4.78 is 11.5. The number of carbonyl (C=O) groups excluding carboxylic acids is 1. The van der Waals surface area contributed by atoms with Crippen molar-refractivity contribution >= 4 is 11.6 Å². The van der Waals surface area contributed by atoms with Gasteiger partial charge < -0.3 is 19.3 Å². The number of nitrogens with one attached hydrogen (secondary N) is 2. The van der Waals surface area contributed by atoms with Crippen molar-refractivity contribution < 1.29 is 14.3 Å². The molecule has 2 saturated heterocycles. The molecule has 4 rings (SSSR count). The molecule has 7 nitrogen and oxygen atoms in total. The Bertz CT molecular complexity index is 898. The number of ether oxygens (including phenoxy) is 2. The molecule has 2 aliphatic rings. The van der Waals surface area contributed by atoms with E-state index in [-0.39, 0.29) is 18.0 Å². The number of anilines is 1. The maximum absolute atomic E-state index is 13.2. The lowest BCUT2D eigenvalue weighted by molar-refractivity contribution is -0.133. The molecule has 172 valence electrons. The third kappa shape index (κ3) is 5.00. The van der Waals surface area contributed by atoms with Crippen LogP contribution < -0.4 is 25.2 Å². The molecule has 0 aromatic heterocycles. The Kier molecular flexibility index (Phi) is 7.50. The van der Waals surface area contributed by atoms with Gasteiger partial charge in [-0.05, 0) is 31.0 Å². The summed E-state index contributed by atoms with van der Waals surface area (Å²) in [4.78, 5) is 17.4. The monoisotopic (exact) mass is 438 g/mol. The van der Waals surface area contributed by atoms with Gasteiger partial charge in [0.25, 0.3) is 0 Å². The van der Waals surface area contributed by atoms with Crippen molar-refractivity contribution in [1.29, 1.82) is 0 Å². The van der Waals surface area contributed by atoms with Gasteiger partial charge in [-0.2, -0.15) is 0 Å². The number of piperazine rings is 1. The molecule has 7 heteroatoms. The number of benzene rings is 2. The lowest BCUT2D eigenvalue weighted by Crippen LogP contribution is -2.53. The minimum atomic E-state index is -0.235. The fourth-order valence-electron chi connectivity index (χ4n) is 4.43. The van der Waals surface area contributed by atoms with E-state index in [1.165, 1.54) is 0 Å². The summed E-state index contributed by atoms with van der Waals surface area (Å²) in [7, 11) is 1.70. The second-order valence-corrected chi connectivity index (χ2v) is 8.35. The van der Waals surface area contributed by atoms with Crippen LogP contribution in [0.5, 0.6) is 11.5 Å². The Morgan fingerprint density at radius 2 is 1.72 bits per heavy atom. The van der Waals surface area contributed by atoms with E-state index in [4.69, 9.17) is 9.47 Å². The highest BCUT2D eigenvalue weighted by Crippen LogP contribution is 2.32. The second kappa shape index (κ2) is 10.7. The highest BCUT2D eigenvalue weighted by molar-refractivity contribution is 5.82. The number of unbranched alkanes of at least 4 members (excludes halogenated alkanes) is 1. The Labute approximate surface area is 190 Å². The van der Waals surface area contributed by atoms with E-state index in [1.54, 1.807) is 7.11 Å². The van der Waals surface area contributed by atoms with Crippen LogP contribution in [-0.2, 0) is 4.79 Å². The molecular formula is C25H34N4O3. The number of hydrogen-bond acceptors (Lipinski definition) is 6. The van der Waals surface area contributed by atoms with Gasteiger partial charge in [-0.25, -0.2) is 10.9 Å². The zero-order chi connectivity index (χ0) is 22.3. The molecule has 2 fully saturated rings. The summed E-state index contributed by atoms with van der Waals surface area (Å²) >= 11 is 0. The minimum absolute atomic E-state index is 0.0524. The van der Waals surface area contributed by atoms with Gasteiger partial charge in [0.05, 0.1) is 25.4 Å². The number of hydrazine groups is 1. The molecule has 2 heterocycles. The molecule has 2 unspecified atom stereocenters. The maximum atomic E-state index is 13.2. The standard InChI is InChI=1S/C25H34N4O3/c1-3-4-17-32-23-11-7-5-9-19(23)20-18-21(27-26-20)25(30)29-15-13-28(14-16-29)22-10-6-8-12-24(22)31-2/h5-12,20-21,26-27H,3-4,13-18H2,1-2H3. The highest BCUT2D eigenvalue weighted by atomic mass is 16.5. The van der Waals surface area contributed by atoms with E-state index in [0.29, 0.717) is 26.1 Å². The van der Waals surface area contributed by atoms with Crippen LogP contribution in [0.1, 0.15) is 37.8 Å². The molecule has 2 aliphatic heterocycles. The van der Waals surface area contributed by atoms with Gasteiger partial charge in [0.2, 0.25) is 5.91 Å². The average molecular weight is 439 g/mol. The first-order chi connectivity index (χ1) is 15.7. The smallest absolute Gasteiger partial charge is 0.241 e. The van der Waals surface area contributed by atoms with Crippen LogP contribution in [0, 0.1) is 0 Å². The summed E-state index contributed by atoms with van der Waals surface area (Å²) in [6.45, 7) is 5.87. The predicted octanol–water partition coefficient (Wildman–Crippen LogP) is 3.13. The van der Waals surface area contributed by atoms with Gasteiger partial charge in [0, 0.05) is 31.7 Å². The first-order valence-corrected chi connectivity index (χ1v) is 11.6. The van der Waals surface area contributed by atoms with Gasteiger partial charge in [0.1, 0.15) is 17.5 Å². The van der Waals surface area contributed by atoms with Crippen LogP contribution in [0.15, 0.2) is 48.5 Å². The Balaban J connectivity index is 1.33. The van der Waals surface area contributed by atoms with Crippen molar-refractivity contribution in [2.24, 2.45) is 0 Å². The van der Waals surface area contributed by atoms with E-state index < -0.39 is 0 Å². The molecule has 2 aromatic rings. The van der Waals surface area contributed by atoms with Crippen molar-refractivity contribution in [3.63, 3.8) is 0 Å². The van der Waals surface area contributed by atoms with Crippen molar-refractivity contribution in [2.45, 2.75) is 38.3 Å². The van der Waals surface area contributed by atoms with Gasteiger partial charge >= 0.3 is 0 Å². The lowest BCUT2D eigenvalue weighted by Gasteiger charge is -2.37. The van der Waals surface area contributed by atoms with Gasteiger partial charge in [0.15, 0.2) is 0 Å². The molecule has 0 saturated carbocycles. The number of para-hydroxylation sites is 3. The lowest BCUT2D eigenvalue weighted by atomic mass is 10.0. The summed E-state index contributed by atoms with van der Waals surface area (Å²) in [5.41, 5.74) is 8.74. The zero-order valence-electron chi connectivity index (χ0n) is 19.0. The molecule has 2 aromatic carbocycles. The fourth-order valence-corrected chi connectivity index (χ4v) is 4.43. The topological polar surface area (TPSA) is 66.1 Å². The van der Waals surface area contributed by atoms with Gasteiger partial charge in [-0.1, -0.05) is 43.7 Å².